The first kappa shape index (κ1) is 13.1. The van der Waals surface area contributed by atoms with Crippen molar-refractivity contribution in [1.29, 1.82) is 0 Å². The lowest BCUT2D eigenvalue weighted by Gasteiger charge is -2.37. The van der Waals surface area contributed by atoms with Gasteiger partial charge in [0.25, 0.3) is 0 Å². The molecule has 0 atom stereocenters. The number of likely N-dealkylation sites (tertiary alicyclic amines) is 1. The summed E-state index contributed by atoms with van der Waals surface area (Å²) in [6.45, 7) is 10.3. The molecule has 0 amide bonds. The Hall–Kier alpha value is 0.0569. The molecule has 0 saturated carbocycles. The van der Waals surface area contributed by atoms with Crippen LogP contribution in [0.25, 0.3) is 0 Å². The molecular weight excluding hydrogens is 210 g/mol. The van der Waals surface area contributed by atoms with Crippen LogP contribution in [-0.2, 0) is 13.3 Å². The highest BCUT2D eigenvalue weighted by Crippen LogP contribution is 2.16. The lowest BCUT2D eigenvalue weighted by atomic mass is 10.2. The van der Waals surface area contributed by atoms with Crippen molar-refractivity contribution in [2.45, 2.75) is 27.2 Å². The fourth-order valence-corrected chi connectivity index (χ4v) is 4.44. The normalized spacial score (nSPS) is 17.8. The van der Waals surface area contributed by atoms with E-state index in [1.165, 1.54) is 6.42 Å². The Morgan fingerprint density at radius 2 is 1.40 bits per heavy atom. The molecule has 15 heavy (non-hydrogen) atoms. The summed E-state index contributed by atoms with van der Waals surface area (Å²) in [5.41, 5.74) is 0. The van der Waals surface area contributed by atoms with E-state index in [0.29, 0.717) is 19.8 Å². The average molecular weight is 233 g/mol. The standard InChI is InChI=1S/C10H23NO3Si/c1-4-12-15(13-5-2,14-6-3)10-11-8-7-9-11/h4-10H2,1-3H3. The van der Waals surface area contributed by atoms with Gasteiger partial charge in [0.1, 0.15) is 0 Å². The van der Waals surface area contributed by atoms with Crippen LogP contribution >= 0.6 is 0 Å². The molecule has 0 bridgehead atoms. The molecule has 1 rings (SSSR count). The Kier molecular flexibility index (Phi) is 5.77. The third-order valence-electron chi connectivity index (χ3n) is 2.46. The van der Waals surface area contributed by atoms with Gasteiger partial charge in [-0.05, 0) is 40.3 Å². The maximum atomic E-state index is 5.77. The van der Waals surface area contributed by atoms with Gasteiger partial charge in [0.15, 0.2) is 0 Å². The molecule has 1 aliphatic heterocycles. The van der Waals surface area contributed by atoms with Crippen molar-refractivity contribution in [1.82, 2.24) is 4.90 Å². The number of rotatable bonds is 8. The lowest BCUT2D eigenvalue weighted by Crippen LogP contribution is -2.58. The summed E-state index contributed by atoms with van der Waals surface area (Å²) in [6.07, 6.45) is 2.14. The van der Waals surface area contributed by atoms with Crippen LogP contribution in [0.4, 0.5) is 0 Å². The molecule has 1 fully saturated rings. The minimum absolute atomic E-state index is 0.667. The van der Waals surface area contributed by atoms with E-state index in [1.807, 2.05) is 20.8 Å². The molecule has 0 spiro atoms. The number of hydrogen-bond acceptors (Lipinski definition) is 4. The van der Waals surface area contributed by atoms with Crippen LogP contribution in [0.3, 0.4) is 0 Å². The van der Waals surface area contributed by atoms with Crippen molar-refractivity contribution in [3.8, 4) is 0 Å². The van der Waals surface area contributed by atoms with Crippen LogP contribution in [0.5, 0.6) is 0 Å². The fraction of sp³-hybridized carbons (Fsp3) is 1.00. The summed E-state index contributed by atoms with van der Waals surface area (Å²) in [4.78, 5) is 2.35. The smallest absolute Gasteiger partial charge is 0.373 e. The Morgan fingerprint density at radius 3 is 1.67 bits per heavy atom. The summed E-state index contributed by atoms with van der Waals surface area (Å²) in [5.74, 6) is 0. The minimum Gasteiger partial charge on any atom is -0.373 e. The van der Waals surface area contributed by atoms with Gasteiger partial charge >= 0.3 is 8.80 Å². The quantitative estimate of drug-likeness (QED) is 0.591. The average Bonchev–Trinajstić information content (AvgIpc) is 2.13. The monoisotopic (exact) mass is 233 g/mol. The van der Waals surface area contributed by atoms with Crippen LogP contribution in [0.2, 0.25) is 0 Å². The van der Waals surface area contributed by atoms with E-state index in [-0.39, 0.29) is 0 Å². The second-order valence-electron chi connectivity index (χ2n) is 3.61. The first-order chi connectivity index (χ1) is 7.26. The minimum atomic E-state index is -2.40. The Labute approximate surface area is 93.9 Å². The highest BCUT2D eigenvalue weighted by molar-refractivity contribution is 6.60. The van der Waals surface area contributed by atoms with Gasteiger partial charge in [-0.15, -0.1) is 0 Å². The predicted octanol–water partition coefficient (Wildman–Crippen LogP) is 1.28. The van der Waals surface area contributed by atoms with Crippen molar-refractivity contribution in [3.05, 3.63) is 0 Å². The molecule has 4 nitrogen and oxygen atoms in total. The van der Waals surface area contributed by atoms with E-state index in [9.17, 15) is 0 Å². The summed E-state index contributed by atoms with van der Waals surface area (Å²) in [5, 5.41) is 0. The van der Waals surface area contributed by atoms with Gasteiger partial charge < -0.3 is 13.3 Å². The molecule has 5 heteroatoms. The van der Waals surface area contributed by atoms with Crippen molar-refractivity contribution in [2.75, 3.05) is 39.1 Å². The van der Waals surface area contributed by atoms with E-state index >= 15 is 0 Å². The van der Waals surface area contributed by atoms with E-state index in [0.717, 1.165) is 19.3 Å². The molecule has 0 N–H and O–H groups in total. The topological polar surface area (TPSA) is 30.9 Å². The van der Waals surface area contributed by atoms with Crippen LogP contribution in [-0.4, -0.2) is 52.8 Å². The fourth-order valence-electron chi connectivity index (χ4n) is 1.74. The zero-order valence-corrected chi connectivity index (χ0v) is 11.1. The molecule has 90 valence electrons. The van der Waals surface area contributed by atoms with Crippen molar-refractivity contribution < 1.29 is 13.3 Å². The van der Waals surface area contributed by atoms with E-state index in [4.69, 9.17) is 13.3 Å². The third-order valence-corrected chi connectivity index (χ3v) is 5.48. The van der Waals surface area contributed by atoms with Crippen molar-refractivity contribution in [2.24, 2.45) is 0 Å². The second kappa shape index (κ2) is 6.60. The Bertz CT molecular complexity index is 159. The van der Waals surface area contributed by atoms with Crippen molar-refractivity contribution >= 4 is 8.80 Å². The maximum absolute atomic E-state index is 5.77. The van der Waals surface area contributed by atoms with Crippen molar-refractivity contribution in [3.63, 3.8) is 0 Å². The molecule has 1 heterocycles. The zero-order chi connectivity index (χ0) is 11.1. The predicted molar refractivity (Wildman–Crippen MR) is 61.7 cm³/mol. The van der Waals surface area contributed by atoms with Gasteiger partial charge in [-0.2, -0.15) is 0 Å². The summed E-state index contributed by atoms with van der Waals surface area (Å²) in [7, 11) is -2.40. The van der Waals surface area contributed by atoms with Crippen LogP contribution in [0.1, 0.15) is 27.2 Å². The summed E-state index contributed by atoms with van der Waals surface area (Å²) < 4.78 is 17.3. The SMILES string of the molecule is CCO[Si](CN1CCC1)(OCC)OCC. The van der Waals surface area contributed by atoms with Gasteiger partial charge in [0.05, 0.1) is 6.17 Å². The third kappa shape index (κ3) is 3.84. The lowest BCUT2D eigenvalue weighted by molar-refractivity contribution is 0.0477. The Balaban J connectivity index is 2.51. The van der Waals surface area contributed by atoms with Gasteiger partial charge in [0, 0.05) is 19.8 Å². The summed E-state index contributed by atoms with van der Waals surface area (Å²) in [6, 6.07) is 0. The van der Waals surface area contributed by atoms with Crippen LogP contribution in [0, 0.1) is 0 Å². The van der Waals surface area contributed by atoms with Gasteiger partial charge in [0.2, 0.25) is 0 Å². The van der Waals surface area contributed by atoms with Gasteiger partial charge in [-0.25, -0.2) is 0 Å². The molecule has 0 aliphatic carbocycles. The van der Waals surface area contributed by atoms with E-state index < -0.39 is 8.80 Å². The molecule has 1 saturated heterocycles. The zero-order valence-electron chi connectivity index (χ0n) is 10.1. The molecule has 0 aromatic rings. The van der Waals surface area contributed by atoms with E-state index in [2.05, 4.69) is 4.90 Å². The maximum Gasteiger partial charge on any atom is 0.515 e. The van der Waals surface area contributed by atoms with Crippen LogP contribution in [0.15, 0.2) is 0 Å². The summed E-state index contributed by atoms with van der Waals surface area (Å²) >= 11 is 0. The molecule has 0 unspecified atom stereocenters. The van der Waals surface area contributed by atoms with Gasteiger partial charge in [-0.3, -0.25) is 4.90 Å². The highest BCUT2D eigenvalue weighted by atomic mass is 28.4. The van der Waals surface area contributed by atoms with E-state index in [1.54, 1.807) is 0 Å². The first-order valence-corrected chi connectivity index (χ1v) is 7.83. The second-order valence-corrected chi connectivity index (χ2v) is 6.16. The molecular formula is C10H23NO3Si. The molecule has 0 radical (unpaired) electrons. The number of nitrogens with zero attached hydrogens (tertiary/aromatic N) is 1. The highest BCUT2D eigenvalue weighted by Gasteiger charge is 2.43. The van der Waals surface area contributed by atoms with Crippen LogP contribution < -0.4 is 0 Å². The Morgan fingerprint density at radius 1 is 0.933 bits per heavy atom. The van der Waals surface area contributed by atoms with Gasteiger partial charge in [-0.1, -0.05) is 0 Å². The molecule has 1 aliphatic rings. The molecule has 0 aromatic carbocycles. The number of hydrogen-bond donors (Lipinski definition) is 0. The largest absolute Gasteiger partial charge is 0.515 e. The molecule has 0 aromatic heterocycles. The first-order valence-electron chi connectivity index (χ1n) is 5.90.